The maximum absolute atomic E-state index is 6.09. The second kappa shape index (κ2) is 9.00. The molecule has 0 amide bonds. The topological polar surface area (TPSA) is 9.23 Å². The van der Waals surface area contributed by atoms with Gasteiger partial charge in [-0.1, -0.05) is 23.3 Å². The van der Waals surface area contributed by atoms with E-state index in [2.05, 4.69) is 26.3 Å². The molecule has 0 heterocycles. The maximum atomic E-state index is 6.09. The molecule has 2 unspecified atom stereocenters. The van der Waals surface area contributed by atoms with E-state index in [0.29, 0.717) is 0 Å². The summed E-state index contributed by atoms with van der Waals surface area (Å²) in [6.07, 6.45) is 7.64. The van der Waals surface area contributed by atoms with E-state index in [-0.39, 0.29) is 12.2 Å². The molecule has 96 valence electrons. The summed E-state index contributed by atoms with van der Waals surface area (Å²) >= 11 is 0. The van der Waals surface area contributed by atoms with E-state index >= 15 is 0 Å². The lowest BCUT2D eigenvalue weighted by molar-refractivity contribution is -0.00750. The van der Waals surface area contributed by atoms with Crippen molar-refractivity contribution in [3.05, 3.63) is 49.6 Å². The van der Waals surface area contributed by atoms with Crippen molar-refractivity contribution in [1.29, 1.82) is 0 Å². The molecule has 0 rings (SSSR count). The van der Waals surface area contributed by atoms with E-state index in [4.69, 9.17) is 4.74 Å². The van der Waals surface area contributed by atoms with Crippen LogP contribution in [0.15, 0.2) is 49.6 Å². The predicted octanol–water partition coefficient (Wildman–Crippen LogP) is 4.82. The Morgan fingerprint density at radius 2 is 1.29 bits per heavy atom. The highest BCUT2D eigenvalue weighted by molar-refractivity contribution is 4.96. The van der Waals surface area contributed by atoms with Gasteiger partial charge in [0.2, 0.25) is 0 Å². The van der Waals surface area contributed by atoms with Crippen molar-refractivity contribution in [1.82, 2.24) is 0 Å². The van der Waals surface area contributed by atoms with Crippen LogP contribution in [0.4, 0.5) is 0 Å². The Labute approximate surface area is 107 Å². The zero-order valence-electron chi connectivity index (χ0n) is 11.4. The van der Waals surface area contributed by atoms with Crippen LogP contribution in [-0.2, 0) is 4.74 Å². The fourth-order valence-corrected chi connectivity index (χ4v) is 1.80. The van der Waals surface area contributed by atoms with Gasteiger partial charge in [-0.3, -0.25) is 0 Å². The van der Waals surface area contributed by atoms with E-state index in [0.717, 1.165) is 36.8 Å². The first-order valence-electron chi connectivity index (χ1n) is 6.15. The standard InChI is InChI=1S/C16H26O/c1-7-9-15(11-13(3)4)17-16(10-8-2)12-14(5)6/h7-8,15-16H,1-3,5,9-12H2,4,6H3. The average Bonchev–Trinajstić information content (AvgIpc) is 2.16. The zero-order valence-corrected chi connectivity index (χ0v) is 11.4. The molecule has 2 atom stereocenters. The molecule has 0 spiro atoms. The highest BCUT2D eigenvalue weighted by Gasteiger charge is 2.15. The summed E-state index contributed by atoms with van der Waals surface area (Å²) in [6, 6.07) is 0. The van der Waals surface area contributed by atoms with Crippen LogP contribution < -0.4 is 0 Å². The number of hydrogen-bond acceptors (Lipinski definition) is 1. The van der Waals surface area contributed by atoms with Gasteiger partial charge in [-0.05, 0) is 39.5 Å². The lowest BCUT2D eigenvalue weighted by Gasteiger charge is -2.24. The normalized spacial score (nSPS) is 13.8. The lowest BCUT2D eigenvalue weighted by Crippen LogP contribution is -2.22. The summed E-state index contributed by atoms with van der Waals surface area (Å²) in [5.41, 5.74) is 2.29. The molecule has 0 N–H and O–H groups in total. The summed E-state index contributed by atoms with van der Waals surface area (Å²) in [6.45, 7) is 19.5. The number of hydrogen-bond donors (Lipinski definition) is 0. The molecule has 0 saturated carbocycles. The van der Waals surface area contributed by atoms with Crippen molar-refractivity contribution < 1.29 is 4.74 Å². The molecule has 0 fully saturated rings. The molecule has 0 aromatic rings. The van der Waals surface area contributed by atoms with Gasteiger partial charge in [-0.2, -0.15) is 0 Å². The first-order valence-corrected chi connectivity index (χ1v) is 6.15. The largest absolute Gasteiger partial charge is 0.374 e. The molecule has 0 bridgehead atoms. The molecule has 0 radical (unpaired) electrons. The Hall–Kier alpha value is -1.08. The van der Waals surface area contributed by atoms with E-state index in [1.807, 2.05) is 26.0 Å². The maximum Gasteiger partial charge on any atom is 0.0650 e. The number of ether oxygens (including phenoxy) is 1. The summed E-state index contributed by atoms with van der Waals surface area (Å²) in [5.74, 6) is 0. The van der Waals surface area contributed by atoms with Crippen LogP contribution in [0.1, 0.15) is 39.5 Å². The van der Waals surface area contributed by atoms with Gasteiger partial charge in [0, 0.05) is 0 Å². The molecule has 0 aliphatic heterocycles. The Bertz CT molecular complexity index is 247. The van der Waals surface area contributed by atoms with Crippen LogP contribution in [0.2, 0.25) is 0 Å². The molecule has 1 heteroatoms. The van der Waals surface area contributed by atoms with Gasteiger partial charge in [0.05, 0.1) is 12.2 Å². The Balaban J connectivity index is 4.41. The predicted molar refractivity (Wildman–Crippen MR) is 77.2 cm³/mol. The SMILES string of the molecule is C=CCC(CC(=C)C)OC(CC=C)CC(=C)C. The van der Waals surface area contributed by atoms with Crippen molar-refractivity contribution in [2.75, 3.05) is 0 Å². The quantitative estimate of drug-likeness (QED) is 0.492. The van der Waals surface area contributed by atoms with Crippen LogP contribution in [0.3, 0.4) is 0 Å². The first-order chi connectivity index (χ1) is 7.99. The van der Waals surface area contributed by atoms with Crippen LogP contribution in [-0.4, -0.2) is 12.2 Å². The minimum Gasteiger partial charge on any atom is -0.374 e. The number of rotatable bonds is 10. The second-order valence-corrected chi connectivity index (χ2v) is 4.75. The van der Waals surface area contributed by atoms with Gasteiger partial charge in [0.25, 0.3) is 0 Å². The summed E-state index contributed by atoms with van der Waals surface area (Å²) in [4.78, 5) is 0. The van der Waals surface area contributed by atoms with Crippen molar-refractivity contribution in [3.63, 3.8) is 0 Å². The fraction of sp³-hybridized carbons (Fsp3) is 0.500. The monoisotopic (exact) mass is 234 g/mol. The highest BCUT2D eigenvalue weighted by Crippen LogP contribution is 2.18. The molecule has 0 aromatic heterocycles. The van der Waals surface area contributed by atoms with Crippen molar-refractivity contribution >= 4 is 0 Å². The van der Waals surface area contributed by atoms with Gasteiger partial charge in [-0.25, -0.2) is 0 Å². The van der Waals surface area contributed by atoms with E-state index in [1.54, 1.807) is 0 Å². The Kier molecular flexibility index (Phi) is 8.43. The van der Waals surface area contributed by atoms with Gasteiger partial charge in [-0.15, -0.1) is 26.3 Å². The molecule has 17 heavy (non-hydrogen) atoms. The van der Waals surface area contributed by atoms with E-state index < -0.39 is 0 Å². The third-order valence-corrected chi connectivity index (χ3v) is 2.40. The zero-order chi connectivity index (χ0) is 13.3. The van der Waals surface area contributed by atoms with E-state index in [1.165, 1.54) is 0 Å². The molecule has 1 nitrogen and oxygen atoms in total. The molecule has 0 saturated heterocycles. The van der Waals surface area contributed by atoms with Crippen molar-refractivity contribution in [2.24, 2.45) is 0 Å². The molecule has 0 aromatic carbocycles. The van der Waals surface area contributed by atoms with Gasteiger partial charge < -0.3 is 4.74 Å². The Morgan fingerprint density at radius 1 is 0.941 bits per heavy atom. The highest BCUT2D eigenvalue weighted by atomic mass is 16.5. The summed E-state index contributed by atoms with van der Waals surface area (Å²) in [7, 11) is 0. The summed E-state index contributed by atoms with van der Waals surface area (Å²) in [5, 5.41) is 0. The molecule has 0 aliphatic carbocycles. The second-order valence-electron chi connectivity index (χ2n) is 4.75. The smallest absolute Gasteiger partial charge is 0.0650 e. The van der Waals surface area contributed by atoms with Crippen molar-refractivity contribution in [3.8, 4) is 0 Å². The summed E-state index contributed by atoms with van der Waals surface area (Å²) < 4.78 is 6.09. The first kappa shape index (κ1) is 15.9. The third kappa shape index (κ3) is 8.70. The molecule has 0 aliphatic rings. The van der Waals surface area contributed by atoms with Gasteiger partial charge >= 0.3 is 0 Å². The average molecular weight is 234 g/mol. The molecular formula is C16H26O. The van der Waals surface area contributed by atoms with E-state index in [9.17, 15) is 0 Å². The Morgan fingerprint density at radius 3 is 1.53 bits per heavy atom. The minimum atomic E-state index is 0.175. The lowest BCUT2D eigenvalue weighted by atomic mass is 10.1. The van der Waals surface area contributed by atoms with Crippen LogP contribution >= 0.6 is 0 Å². The molecular weight excluding hydrogens is 208 g/mol. The minimum absolute atomic E-state index is 0.175. The van der Waals surface area contributed by atoms with Crippen LogP contribution in [0.25, 0.3) is 0 Å². The fourth-order valence-electron chi connectivity index (χ4n) is 1.80. The van der Waals surface area contributed by atoms with Gasteiger partial charge in [0.1, 0.15) is 0 Å². The van der Waals surface area contributed by atoms with Crippen molar-refractivity contribution in [2.45, 2.75) is 51.7 Å². The van der Waals surface area contributed by atoms with Crippen LogP contribution in [0.5, 0.6) is 0 Å². The third-order valence-electron chi connectivity index (χ3n) is 2.40. The van der Waals surface area contributed by atoms with Gasteiger partial charge in [0.15, 0.2) is 0 Å². The van der Waals surface area contributed by atoms with Crippen LogP contribution in [0, 0.1) is 0 Å².